The SMILES string of the molecule is CCCCC(C(=O)CC1CCOC1)C(=O)OC. The molecule has 0 aromatic heterocycles. The van der Waals surface area contributed by atoms with Crippen molar-refractivity contribution in [2.45, 2.75) is 39.0 Å². The Morgan fingerprint density at radius 3 is 2.76 bits per heavy atom. The van der Waals surface area contributed by atoms with Crippen molar-refractivity contribution in [1.29, 1.82) is 0 Å². The lowest BCUT2D eigenvalue weighted by Crippen LogP contribution is -2.27. The van der Waals surface area contributed by atoms with Crippen molar-refractivity contribution in [2.75, 3.05) is 20.3 Å². The molecule has 4 heteroatoms. The van der Waals surface area contributed by atoms with Crippen LogP contribution in [0, 0.1) is 11.8 Å². The smallest absolute Gasteiger partial charge is 0.316 e. The second-order valence-corrected chi connectivity index (χ2v) is 4.62. The number of unbranched alkanes of at least 4 members (excludes halogenated alkanes) is 1. The fourth-order valence-electron chi connectivity index (χ4n) is 2.13. The van der Waals surface area contributed by atoms with Gasteiger partial charge in [0.1, 0.15) is 11.7 Å². The highest BCUT2D eigenvalue weighted by Gasteiger charge is 2.29. The van der Waals surface area contributed by atoms with Gasteiger partial charge in [0.05, 0.1) is 7.11 Å². The predicted molar refractivity (Wildman–Crippen MR) is 63.6 cm³/mol. The lowest BCUT2D eigenvalue weighted by molar-refractivity contribution is -0.150. The molecule has 1 rings (SSSR count). The minimum Gasteiger partial charge on any atom is -0.468 e. The van der Waals surface area contributed by atoms with Crippen molar-refractivity contribution in [2.24, 2.45) is 11.8 Å². The van der Waals surface area contributed by atoms with Gasteiger partial charge in [0.15, 0.2) is 0 Å². The summed E-state index contributed by atoms with van der Waals surface area (Å²) in [5.41, 5.74) is 0. The van der Waals surface area contributed by atoms with Gasteiger partial charge in [-0.1, -0.05) is 19.8 Å². The van der Waals surface area contributed by atoms with E-state index in [0.29, 0.717) is 19.4 Å². The molecule has 0 aromatic carbocycles. The van der Waals surface area contributed by atoms with Crippen LogP contribution in [-0.2, 0) is 19.1 Å². The quantitative estimate of drug-likeness (QED) is 0.506. The summed E-state index contributed by atoms with van der Waals surface area (Å²) in [4.78, 5) is 23.6. The van der Waals surface area contributed by atoms with Crippen molar-refractivity contribution in [3.05, 3.63) is 0 Å². The van der Waals surface area contributed by atoms with Crippen LogP contribution in [0.2, 0.25) is 0 Å². The number of Topliss-reactive ketones (excluding diaryl/α,β-unsaturated/α-hetero) is 1. The molecule has 0 spiro atoms. The van der Waals surface area contributed by atoms with Gasteiger partial charge in [0.25, 0.3) is 0 Å². The number of carbonyl (C=O) groups is 2. The van der Waals surface area contributed by atoms with Gasteiger partial charge >= 0.3 is 5.97 Å². The van der Waals surface area contributed by atoms with E-state index in [4.69, 9.17) is 9.47 Å². The van der Waals surface area contributed by atoms with Gasteiger partial charge in [-0.2, -0.15) is 0 Å². The van der Waals surface area contributed by atoms with E-state index < -0.39 is 5.92 Å². The van der Waals surface area contributed by atoms with Crippen LogP contribution in [-0.4, -0.2) is 32.1 Å². The number of ketones is 1. The zero-order valence-corrected chi connectivity index (χ0v) is 10.7. The molecule has 0 saturated carbocycles. The van der Waals surface area contributed by atoms with Crippen LogP contribution in [0.25, 0.3) is 0 Å². The van der Waals surface area contributed by atoms with Crippen LogP contribution in [0.5, 0.6) is 0 Å². The molecular weight excluding hydrogens is 220 g/mol. The highest BCUT2D eigenvalue weighted by Crippen LogP contribution is 2.21. The van der Waals surface area contributed by atoms with Crippen molar-refractivity contribution < 1.29 is 19.1 Å². The summed E-state index contributed by atoms with van der Waals surface area (Å²) >= 11 is 0. The molecule has 0 N–H and O–H groups in total. The average Bonchev–Trinajstić information content (AvgIpc) is 2.81. The van der Waals surface area contributed by atoms with E-state index in [9.17, 15) is 9.59 Å². The minimum atomic E-state index is -0.569. The van der Waals surface area contributed by atoms with Crippen LogP contribution >= 0.6 is 0 Å². The molecule has 0 bridgehead atoms. The van der Waals surface area contributed by atoms with Gasteiger partial charge in [-0.05, 0) is 18.8 Å². The standard InChI is InChI=1S/C13H22O4/c1-3-4-5-11(13(15)16-2)12(14)8-10-6-7-17-9-10/h10-11H,3-9H2,1-2H3. The van der Waals surface area contributed by atoms with Crippen LogP contribution in [0.3, 0.4) is 0 Å². The Kier molecular flexibility index (Phi) is 6.19. The maximum Gasteiger partial charge on any atom is 0.316 e. The Morgan fingerprint density at radius 1 is 1.47 bits per heavy atom. The third-order valence-corrected chi connectivity index (χ3v) is 3.23. The maximum atomic E-state index is 12.0. The number of esters is 1. The van der Waals surface area contributed by atoms with Crippen LogP contribution < -0.4 is 0 Å². The number of ether oxygens (including phenoxy) is 2. The minimum absolute atomic E-state index is 0.0146. The zero-order valence-electron chi connectivity index (χ0n) is 10.7. The van der Waals surface area contributed by atoms with Crippen molar-refractivity contribution in [3.8, 4) is 0 Å². The normalized spacial score (nSPS) is 21.2. The molecule has 1 aliphatic rings. The van der Waals surface area contributed by atoms with E-state index in [1.807, 2.05) is 6.92 Å². The van der Waals surface area contributed by atoms with Gasteiger partial charge < -0.3 is 9.47 Å². The first-order valence-electron chi connectivity index (χ1n) is 6.37. The Hall–Kier alpha value is -0.900. The Balaban J connectivity index is 2.48. The van der Waals surface area contributed by atoms with Gasteiger partial charge in [-0.3, -0.25) is 9.59 Å². The number of rotatable bonds is 7. The molecule has 0 aliphatic carbocycles. The summed E-state index contributed by atoms with van der Waals surface area (Å²) in [7, 11) is 1.34. The second-order valence-electron chi connectivity index (χ2n) is 4.62. The number of carbonyl (C=O) groups excluding carboxylic acids is 2. The summed E-state index contributed by atoms with van der Waals surface area (Å²) in [5.74, 6) is -0.653. The fraction of sp³-hybridized carbons (Fsp3) is 0.846. The largest absolute Gasteiger partial charge is 0.468 e. The second kappa shape index (κ2) is 7.43. The Bertz CT molecular complexity index is 256. The molecule has 0 aromatic rings. The summed E-state index contributed by atoms with van der Waals surface area (Å²) in [6.45, 7) is 3.42. The van der Waals surface area contributed by atoms with E-state index in [1.54, 1.807) is 0 Å². The highest BCUT2D eigenvalue weighted by atomic mass is 16.5. The van der Waals surface area contributed by atoms with Crippen LogP contribution in [0.4, 0.5) is 0 Å². The molecule has 4 nitrogen and oxygen atoms in total. The lowest BCUT2D eigenvalue weighted by atomic mass is 9.90. The molecule has 0 radical (unpaired) electrons. The highest BCUT2D eigenvalue weighted by molar-refractivity contribution is 5.99. The molecule has 2 atom stereocenters. The molecule has 1 fully saturated rings. The topological polar surface area (TPSA) is 52.6 Å². The molecular formula is C13H22O4. The summed E-state index contributed by atoms with van der Waals surface area (Å²) in [6, 6.07) is 0. The third kappa shape index (κ3) is 4.46. The van der Waals surface area contributed by atoms with Gasteiger partial charge in [0, 0.05) is 19.6 Å². The summed E-state index contributed by atoms with van der Waals surface area (Å²) in [6.07, 6.45) is 3.84. The van der Waals surface area contributed by atoms with Crippen molar-refractivity contribution in [1.82, 2.24) is 0 Å². The Labute approximate surface area is 103 Å². The third-order valence-electron chi connectivity index (χ3n) is 3.23. The Morgan fingerprint density at radius 2 is 2.24 bits per heavy atom. The van der Waals surface area contributed by atoms with E-state index in [1.165, 1.54) is 7.11 Å². The van der Waals surface area contributed by atoms with Gasteiger partial charge in [-0.15, -0.1) is 0 Å². The van der Waals surface area contributed by atoms with E-state index in [-0.39, 0.29) is 17.7 Å². The molecule has 2 unspecified atom stereocenters. The molecule has 17 heavy (non-hydrogen) atoms. The number of hydrogen-bond acceptors (Lipinski definition) is 4. The van der Waals surface area contributed by atoms with E-state index in [2.05, 4.69) is 0 Å². The van der Waals surface area contributed by atoms with Crippen molar-refractivity contribution in [3.63, 3.8) is 0 Å². The maximum absolute atomic E-state index is 12.0. The summed E-state index contributed by atoms with van der Waals surface area (Å²) in [5, 5.41) is 0. The molecule has 1 aliphatic heterocycles. The molecule has 98 valence electrons. The molecule has 1 heterocycles. The average molecular weight is 242 g/mol. The predicted octanol–water partition coefficient (Wildman–Crippen LogP) is 1.96. The van der Waals surface area contributed by atoms with E-state index >= 15 is 0 Å². The lowest BCUT2D eigenvalue weighted by Gasteiger charge is -2.15. The van der Waals surface area contributed by atoms with Crippen LogP contribution in [0.15, 0.2) is 0 Å². The number of methoxy groups -OCH3 is 1. The first kappa shape index (κ1) is 14.2. The summed E-state index contributed by atoms with van der Waals surface area (Å²) < 4.78 is 9.94. The monoisotopic (exact) mass is 242 g/mol. The van der Waals surface area contributed by atoms with Crippen molar-refractivity contribution >= 4 is 11.8 Å². The fourth-order valence-corrected chi connectivity index (χ4v) is 2.13. The first-order valence-corrected chi connectivity index (χ1v) is 6.37. The van der Waals surface area contributed by atoms with Crippen LogP contribution in [0.1, 0.15) is 39.0 Å². The molecule has 0 amide bonds. The van der Waals surface area contributed by atoms with Gasteiger partial charge in [-0.25, -0.2) is 0 Å². The zero-order chi connectivity index (χ0) is 12.7. The molecule has 1 saturated heterocycles. The first-order chi connectivity index (χ1) is 8.19. The van der Waals surface area contributed by atoms with E-state index in [0.717, 1.165) is 25.9 Å². The van der Waals surface area contributed by atoms with Gasteiger partial charge in [0.2, 0.25) is 0 Å². The number of hydrogen-bond donors (Lipinski definition) is 0.